The molecule has 25 heavy (non-hydrogen) atoms. The van der Waals surface area contributed by atoms with E-state index in [1.165, 1.54) is 23.1 Å². The molecule has 1 saturated carbocycles. The van der Waals surface area contributed by atoms with Gasteiger partial charge in [-0.3, -0.25) is 4.79 Å². The van der Waals surface area contributed by atoms with Crippen molar-refractivity contribution in [1.29, 1.82) is 0 Å². The summed E-state index contributed by atoms with van der Waals surface area (Å²) >= 11 is 0. The molecule has 0 spiro atoms. The minimum atomic E-state index is -4.88. The summed E-state index contributed by atoms with van der Waals surface area (Å²) in [6.45, 7) is 0.335. The van der Waals surface area contributed by atoms with Crippen molar-refractivity contribution < 1.29 is 32.6 Å². The fourth-order valence-corrected chi connectivity index (χ4v) is 3.77. The van der Waals surface area contributed by atoms with Crippen molar-refractivity contribution in [1.82, 2.24) is 4.90 Å². The lowest BCUT2D eigenvalue weighted by atomic mass is 9.81. The van der Waals surface area contributed by atoms with Crippen molar-refractivity contribution in [3.05, 3.63) is 24.3 Å². The van der Waals surface area contributed by atoms with E-state index in [1.807, 2.05) is 0 Å². The predicted molar refractivity (Wildman–Crippen MR) is 81.1 cm³/mol. The number of rotatable bonds is 3. The van der Waals surface area contributed by atoms with E-state index in [-0.39, 0.29) is 24.7 Å². The Labute approximate surface area is 141 Å². The minimum Gasteiger partial charge on any atom is -0.481 e. The van der Waals surface area contributed by atoms with Crippen LogP contribution in [0.25, 0.3) is 0 Å². The number of alkyl halides is 3. The van der Waals surface area contributed by atoms with Gasteiger partial charge in [0.2, 0.25) is 0 Å². The van der Waals surface area contributed by atoms with Crippen LogP contribution in [-0.4, -0.2) is 41.5 Å². The third kappa shape index (κ3) is 3.35. The average Bonchev–Trinajstić information content (AvgIpc) is 3.05. The van der Waals surface area contributed by atoms with E-state index in [4.69, 9.17) is 0 Å². The monoisotopic (exact) mass is 358 g/mol. The topological polar surface area (TPSA) is 78.9 Å². The molecule has 1 aromatic rings. The molecule has 1 aliphatic carbocycles. The van der Waals surface area contributed by atoms with Crippen LogP contribution in [0.2, 0.25) is 0 Å². The van der Waals surface area contributed by atoms with E-state index in [1.54, 1.807) is 0 Å². The molecule has 2 amide bonds. The first-order valence-corrected chi connectivity index (χ1v) is 7.85. The molecule has 2 atom stereocenters. The summed E-state index contributed by atoms with van der Waals surface area (Å²) in [7, 11) is 0. The van der Waals surface area contributed by atoms with Crippen LogP contribution < -0.4 is 10.1 Å². The number of ether oxygens (including phenoxy) is 1. The maximum atomic E-state index is 12.4. The number of hydrogen-bond donors (Lipinski definition) is 2. The van der Waals surface area contributed by atoms with Gasteiger partial charge in [0.1, 0.15) is 0 Å². The number of carboxylic acids is 1. The fraction of sp³-hybridized carbons (Fsp3) is 0.500. The highest BCUT2D eigenvalue weighted by Crippen LogP contribution is 2.49. The number of urea groups is 1. The Hall–Kier alpha value is -2.45. The van der Waals surface area contributed by atoms with Crippen LogP contribution in [0.15, 0.2) is 24.3 Å². The summed E-state index contributed by atoms with van der Waals surface area (Å²) < 4.78 is 41.2. The van der Waals surface area contributed by atoms with Gasteiger partial charge < -0.3 is 20.1 Å². The van der Waals surface area contributed by atoms with E-state index < -0.39 is 29.5 Å². The Balaban J connectivity index is 1.73. The van der Waals surface area contributed by atoms with Crippen LogP contribution in [0.3, 0.4) is 0 Å². The largest absolute Gasteiger partial charge is 0.573 e. The van der Waals surface area contributed by atoms with Crippen molar-refractivity contribution >= 4 is 17.7 Å². The first-order valence-electron chi connectivity index (χ1n) is 7.85. The van der Waals surface area contributed by atoms with Gasteiger partial charge in [-0.1, -0.05) is 18.6 Å². The number of carbonyl (C=O) groups excluding carboxylic acids is 1. The number of fused-ring (bicyclic) bond motifs is 1. The van der Waals surface area contributed by atoms with E-state index in [0.29, 0.717) is 6.42 Å². The first kappa shape index (κ1) is 17.4. The SMILES string of the molecule is O=C(Nc1ccccc1OC(F)(F)F)N1C[C@@H]2CCC[C@@]2(C(=O)O)C1. The molecule has 3 rings (SSSR count). The molecule has 1 aliphatic heterocycles. The van der Waals surface area contributed by atoms with Gasteiger partial charge in [-0.2, -0.15) is 0 Å². The molecule has 1 heterocycles. The van der Waals surface area contributed by atoms with Crippen LogP contribution in [0, 0.1) is 11.3 Å². The van der Waals surface area contributed by atoms with Gasteiger partial charge in [0.05, 0.1) is 11.1 Å². The molecule has 2 N–H and O–H groups in total. The summed E-state index contributed by atoms with van der Waals surface area (Å²) in [6, 6.07) is 4.59. The number of halogens is 3. The van der Waals surface area contributed by atoms with Gasteiger partial charge in [-0.25, -0.2) is 4.79 Å². The van der Waals surface area contributed by atoms with Gasteiger partial charge in [0.25, 0.3) is 0 Å². The van der Waals surface area contributed by atoms with Crippen molar-refractivity contribution in [2.24, 2.45) is 11.3 Å². The predicted octanol–water partition coefficient (Wildman–Crippen LogP) is 3.30. The molecular formula is C16H17F3N2O4. The Bertz CT molecular complexity index is 694. The molecule has 9 heteroatoms. The van der Waals surface area contributed by atoms with Crippen LogP contribution in [0.4, 0.5) is 23.7 Å². The number of nitrogens with one attached hydrogen (secondary N) is 1. The van der Waals surface area contributed by atoms with E-state index in [0.717, 1.165) is 18.9 Å². The summed E-state index contributed by atoms with van der Waals surface area (Å²) in [5.41, 5.74) is -1.06. The maximum absolute atomic E-state index is 12.4. The molecule has 1 aromatic carbocycles. The van der Waals surface area contributed by atoms with E-state index in [2.05, 4.69) is 10.1 Å². The van der Waals surface area contributed by atoms with Gasteiger partial charge in [-0.15, -0.1) is 13.2 Å². The number of hydrogen-bond acceptors (Lipinski definition) is 3. The van der Waals surface area contributed by atoms with Gasteiger partial charge in [-0.05, 0) is 30.9 Å². The van der Waals surface area contributed by atoms with Crippen molar-refractivity contribution in [3.8, 4) is 5.75 Å². The second kappa shape index (κ2) is 6.12. The van der Waals surface area contributed by atoms with Crippen LogP contribution in [0.1, 0.15) is 19.3 Å². The number of anilines is 1. The molecule has 0 unspecified atom stereocenters. The molecule has 136 valence electrons. The van der Waals surface area contributed by atoms with Crippen LogP contribution in [-0.2, 0) is 4.79 Å². The number of likely N-dealkylation sites (tertiary alicyclic amines) is 1. The lowest BCUT2D eigenvalue weighted by molar-refractivity contribution is -0.274. The van der Waals surface area contributed by atoms with Gasteiger partial charge in [0.15, 0.2) is 5.75 Å². The molecule has 1 saturated heterocycles. The molecule has 2 aliphatic rings. The Kier molecular flexibility index (Phi) is 4.26. The Morgan fingerprint density at radius 2 is 2.04 bits per heavy atom. The second-order valence-electron chi connectivity index (χ2n) is 6.41. The highest BCUT2D eigenvalue weighted by Gasteiger charge is 2.55. The Morgan fingerprint density at radius 1 is 1.32 bits per heavy atom. The number of para-hydroxylation sites is 2. The minimum absolute atomic E-state index is 0.0567. The molecular weight excluding hydrogens is 341 g/mol. The average molecular weight is 358 g/mol. The van der Waals surface area contributed by atoms with Crippen molar-refractivity contribution in [2.45, 2.75) is 25.6 Å². The molecule has 0 radical (unpaired) electrons. The van der Waals surface area contributed by atoms with Gasteiger partial charge in [0, 0.05) is 13.1 Å². The summed E-state index contributed by atoms with van der Waals surface area (Å²) in [5.74, 6) is -1.57. The Morgan fingerprint density at radius 3 is 2.68 bits per heavy atom. The lowest BCUT2D eigenvalue weighted by Gasteiger charge is -2.23. The zero-order valence-corrected chi connectivity index (χ0v) is 13.2. The van der Waals surface area contributed by atoms with Crippen molar-refractivity contribution in [3.63, 3.8) is 0 Å². The van der Waals surface area contributed by atoms with E-state index >= 15 is 0 Å². The number of carbonyl (C=O) groups is 2. The highest BCUT2D eigenvalue weighted by atomic mass is 19.4. The second-order valence-corrected chi connectivity index (χ2v) is 6.41. The number of benzene rings is 1. The fourth-order valence-electron chi connectivity index (χ4n) is 3.77. The number of amides is 2. The summed E-state index contributed by atoms with van der Waals surface area (Å²) in [6.07, 6.45) is -2.85. The highest BCUT2D eigenvalue weighted by molar-refractivity contribution is 5.92. The van der Waals surface area contributed by atoms with Gasteiger partial charge >= 0.3 is 18.4 Å². The zero-order valence-electron chi connectivity index (χ0n) is 13.2. The summed E-state index contributed by atoms with van der Waals surface area (Å²) in [4.78, 5) is 25.4. The molecule has 0 bridgehead atoms. The van der Waals surface area contributed by atoms with Crippen LogP contribution in [0.5, 0.6) is 5.75 Å². The number of nitrogens with zero attached hydrogens (tertiary/aromatic N) is 1. The lowest BCUT2D eigenvalue weighted by Crippen LogP contribution is -2.38. The number of aliphatic carboxylic acids is 1. The summed E-state index contributed by atoms with van der Waals surface area (Å²) in [5, 5.41) is 11.9. The molecule has 6 nitrogen and oxygen atoms in total. The number of carboxylic acid groups (broad SMARTS) is 1. The smallest absolute Gasteiger partial charge is 0.481 e. The molecule has 0 aromatic heterocycles. The van der Waals surface area contributed by atoms with Crippen LogP contribution >= 0.6 is 0 Å². The third-order valence-corrected chi connectivity index (χ3v) is 4.94. The van der Waals surface area contributed by atoms with E-state index in [9.17, 15) is 27.9 Å². The molecule has 2 fully saturated rings. The zero-order chi connectivity index (χ0) is 18.2. The standard InChI is InChI=1S/C16H17F3N2O4/c17-16(18,19)25-12-6-2-1-5-11(12)20-14(24)21-8-10-4-3-7-15(10,9-21)13(22)23/h1-2,5-6,10H,3-4,7-9H2,(H,20,24)(H,22,23)/t10-,15+/m0/s1. The normalized spacial score (nSPS) is 25.6. The third-order valence-electron chi connectivity index (χ3n) is 4.94. The van der Waals surface area contributed by atoms with Crippen molar-refractivity contribution in [2.75, 3.05) is 18.4 Å². The first-order chi connectivity index (χ1) is 11.7. The quantitative estimate of drug-likeness (QED) is 0.869. The maximum Gasteiger partial charge on any atom is 0.573 e.